The molecule has 4 rings (SSSR count). The van der Waals surface area contributed by atoms with Crippen molar-refractivity contribution in [3.8, 4) is 34.1 Å². The number of benzene rings is 4. The third-order valence-corrected chi connectivity index (χ3v) is 13.4. The molecule has 0 heterocycles. The first-order valence-corrected chi connectivity index (χ1v) is 32.8. The molecule has 32 nitrogen and oxygen atoms in total. The molecule has 0 bridgehead atoms. The number of carbonyl (C=O) groups is 16. The monoisotopic (exact) mass is 1440 g/mol. The van der Waals surface area contributed by atoms with E-state index in [2.05, 4.69) is 0 Å². The first-order valence-electron chi connectivity index (χ1n) is 32.8. The first-order chi connectivity index (χ1) is 49.5. The van der Waals surface area contributed by atoms with Gasteiger partial charge in [-0.1, -0.05) is 115 Å². The molecule has 0 aromatic heterocycles. The van der Waals surface area contributed by atoms with Gasteiger partial charge in [0.05, 0.1) is 39.3 Å². The molecule has 0 atom stereocenters. The second kappa shape index (κ2) is 47.4. The summed E-state index contributed by atoms with van der Waals surface area (Å²) in [6.07, 6.45) is 6.30. The van der Waals surface area contributed by atoms with Crippen LogP contribution in [0.4, 0.5) is 0 Å². The summed E-state index contributed by atoms with van der Waals surface area (Å²) in [6.45, 7) is 0.460. The van der Waals surface area contributed by atoms with Gasteiger partial charge in [0.1, 0.15) is 51.7 Å². The molecule has 0 saturated heterocycles. The number of unbranched alkanes of at least 4 members (excludes halogenated alkanes) is 8. The van der Waals surface area contributed by atoms with Crippen LogP contribution in [-0.2, 0) is 114 Å². The average molecular weight is 1450 g/mol. The van der Waals surface area contributed by atoms with Crippen molar-refractivity contribution in [2.24, 2.45) is 0 Å². The molecule has 0 radical (unpaired) electrons. The second-order valence-electron chi connectivity index (χ2n) is 21.6. The highest BCUT2D eigenvalue weighted by Crippen LogP contribution is 2.33. The smallest absolute Gasteiger partial charge is 0.349 e. The van der Waals surface area contributed by atoms with E-state index in [4.69, 9.17) is 75.8 Å². The van der Waals surface area contributed by atoms with E-state index in [-0.39, 0.29) is 60.2 Å². The lowest BCUT2D eigenvalue weighted by atomic mass is 10.00. The Kier molecular flexibility index (Phi) is 38.6. The number of esters is 16. The Morgan fingerprint density at radius 2 is 0.524 bits per heavy atom. The zero-order valence-corrected chi connectivity index (χ0v) is 57.2. The Labute approximate surface area is 590 Å². The van der Waals surface area contributed by atoms with Gasteiger partial charge in [-0.25, -0.2) is 57.5 Å². The molecular weight excluding hydrogens is 1360 g/mol. The van der Waals surface area contributed by atoms with Crippen LogP contribution in [0.2, 0.25) is 0 Å². The number of ether oxygens (including phenoxy) is 16. The molecule has 0 amide bonds. The van der Waals surface area contributed by atoms with Crippen molar-refractivity contribution in [1.82, 2.24) is 0 Å². The summed E-state index contributed by atoms with van der Waals surface area (Å²) in [5.74, 6) is -19.8. The normalized spacial score (nSPS) is 10.4. The van der Waals surface area contributed by atoms with Gasteiger partial charge in [0.2, 0.25) is 0 Å². The fourth-order valence-electron chi connectivity index (χ4n) is 8.22. The fraction of sp³-hybridized carbons (Fsp3) is 0.437. The summed E-state index contributed by atoms with van der Waals surface area (Å²) in [5.41, 5.74) is -1.51. The van der Waals surface area contributed by atoms with E-state index in [9.17, 15) is 76.7 Å². The maximum atomic E-state index is 13.8. The highest BCUT2D eigenvalue weighted by atomic mass is 16.6. The Balaban J connectivity index is 1.43. The van der Waals surface area contributed by atoms with Gasteiger partial charge >= 0.3 is 95.5 Å². The quantitative estimate of drug-likeness (QED) is 0.0138. The van der Waals surface area contributed by atoms with Crippen molar-refractivity contribution < 1.29 is 153 Å². The SMILES string of the molecule is CCCCCOC(=O)COC(=O)c1ccccc1OC(=O)COC(=O)CCC(=O)OCC(=O)Oc1ccc(-c2ccc(C(=O)OCC(=O)OCCCCC)c(OC(=O)COC(=O)CC(=O)OCC(=O)Oc3ccccc3C(=O)OCC(=O)OCCCCC)c2)cc1C(=O)OCC(=O)OCCCCC. The molecule has 4 aromatic rings. The van der Waals surface area contributed by atoms with Crippen LogP contribution in [0.1, 0.15) is 165 Å². The van der Waals surface area contributed by atoms with Crippen LogP contribution in [0.25, 0.3) is 11.1 Å². The standard InChI is InChI=1S/C71H80O32/c1-5-9-17-31-88-60(76)38-96-68(84)48-21-13-15-23-52(48)100-64(80)42-92-56(72)29-30-57(73)93-43-65(81)102-54-28-26-46(35-51(54)71(87)99-41-63(79)91-34-20-12-8-4)47-25-27-50(70(86)98-40-62(78)90-33-19-11-7-3)55(36-47)103-67(83)45-95-59(75)37-58(74)94-44-66(82)101-53-24-16-14-22-49(53)69(85)97-39-61(77)89-32-18-10-6-2/h13-16,21-28,35-36H,5-12,17-20,29-34,37-45H2,1-4H3. The minimum Gasteiger partial charge on any atom is -0.463 e. The van der Waals surface area contributed by atoms with Crippen LogP contribution >= 0.6 is 0 Å². The molecule has 0 N–H and O–H groups in total. The fourth-order valence-corrected chi connectivity index (χ4v) is 8.22. The molecule has 0 aliphatic rings. The first kappa shape index (κ1) is 83.8. The third kappa shape index (κ3) is 33.4. The zero-order chi connectivity index (χ0) is 75.3. The minimum absolute atomic E-state index is 0.0107. The minimum atomic E-state index is -1.38. The molecule has 0 spiro atoms. The summed E-state index contributed by atoms with van der Waals surface area (Å²) in [4.78, 5) is 204. The molecule has 103 heavy (non-hydrogen) atoms. The van der Waals surface area contributed by atoms with Gasteiger partial charge in [0.25, 0.3) is 0 Å². The molecule has 556 valence electrons. The van der Waals surface area contributed by atoms with Gasteiger partial charge in [-0.15, -0.1) is 0 Å². The van der Waals surface area contributed by atoms with Crippen LogP contribution in [-0.4, -0.2) is 175 Å². The number of carbonyl (C=O) groups excluding carboxylic acids is 16. The van der Waals surface area contributed by atoms with Crippen molar-refractivity contribution in [3.05, 3.63) is 107 Å². The third-order valence-electron chi connectivity index (χ3n) is 13.4. The van der Waals surface area contributed by atoms with Crippen LogP contribution in [0.15, 0.2) is 84.9 Å². The largest absolute Gasteiger partial charge is 0.463 e. The number of hydrogen-bond acceptors (Lipinski definition) is 32. The Hall–Kier alpha value is -11.6. The summed E-state index contributed by atoms with van der Waals surface area (Å²) in [5, 5.41) is 0. The molecule has 0 fully saturated rings. The van der Waals surface area contributed by atoms with Crippen molar-refractivity contribution in [2.45, 2.75) is 124 Å². The van der Waals surface area contributed by atoms with E-state index >= 15 is 0 Å². The number of rotatable bonds is 46. The van der Waals surface area contributed by atoms with E-state index < -0.39 is 190 Å². The van der Waals surface area contributed by atoms with Gasteiger partial charge in [-0.2, -0.15) is 0 Å². The lowest BCUT2D eigenvalue weighted by Gasteiger charge is -2.14. The average Bonchev–Trinajstić information content (AvgIpc) is 0.805. The number of hydrogen-bond donors (Lipinski definition) is 0. The second-order valence-corrected chi connectivity index (χ2v) is 21.6. The van der Waals surface area contributed by atoms with Gasteiger partial charge in [0.15, 0.2) is 52.9 Å². The lowest BCUT2D eigenvalue weighted by Crippen LogP contribution is -2.24. The van der Waals surface area contributed by atoms with Gasteiger partial charge < -0.3 is 75.8 Å². The van der Waals surface area contributed by atoms with Crippen LogP contribution in [0, 0.1) is 0 Å². The summed E-state index contributed by atoms with van der Waals surface area (Å²) >= 11 is 0. The predicted octanol–water partition coefficient (Wildman–Crippen LogP) is 7.28. The topological polar surface area (TPSA) is 421 Å². The van der Waals surface area contributed by atoms with Crippen LogP contribution in [0.3, 0.4) is 0 Å². The number of para-hydroxylation sites is 2. The van der Waals surface area contributed by atoms with Crippen LogP contribution < -0.4 is 18.9 Å². The van der Waals surface area contributed by atoms with E-state index in [0.29, 0.717) is 25.7 Å². The van der Waals surface area contributed by atoms with E-state index in [1.165, 1.54) is 60.7 Å². The molecule has 0 aliphatic heterocycles. The Morgan fingerprint density at radius 1 is 0.243 bits per heavy atom. The van der Waals surface area contributed by atoms with Crippen molar-refractivity contribution in [1.29, 1.82) is 0 Å². The molecule has 0 aliphatic carbocycles. The molecule has 32 heteroatoms. The molecule has 0 saturated carbocycles. The molecule has 0 unspecified atom stereocenters. The summed E-state index contributed by atoms with van der Waals surface area (Å²) in [7, 11) is 0. The Bertz CT molecular complexity index is 3610. The van der Waals surface area contributed by atoms with E-state index in [0.717, 1.165) is 75.6 Å². The highest BCUT2D eigenvalue weighted by molar-refractivity contribution is 5.99. The van der Waals surface area contributed by atoms with Crippen molar-refractivity contribution in [2.75, 3.05) is 79.3 Å². The van der Waals surface area contributed by atoms with Crippen molar-refractivity contribution >= 4 is 95.5 Å². The maximum absolute atomic E-state index is 13.8. The molecular formula is C71H80O32. The Morgan fingerprint density at radius 3 is 0.883 bits per heavy atom. The lowest BCUT2D eigenvalue weighted by molar-refractivity contribution is -0.162. The van der Waals surface area contributed by atoms with E-state index in [1.807, 2.05) is 27.7 Å². The highest BCUT2D eigenvalue weighted by Gasteiger charge is 2.27. The van der Waals surface area contributed by atoms with Gasteiger partial charge in [-0.3, -0.25) is 19.2 Å². The van der Waals surface area contributed by atoms with Crippen molar-refractivity contribution in [3.63, 3.8) is 0 Å². The summed E-state index contributed by atoms with van der Waals surface area (Å²) < 4.78 is 81.1. The zero-order valence-electron chi connectivity index (χ0n) is 57.2. The molecule has 4 aromatic carbocycles. The predicted molar refractivity (Wildman–Crippen MR) is 348 cm³/mol. The van der Waals surface area contributed by atoms with E-state index in [1.54, 1.807) is 0 Å². The maximum Gasteiger partial charge on any atom is 0.349 e. The van der Waals surface area contributed by atoms with Crippen LogP contribution in [0.5, 0.6) is 23.0 Å². The van der Waals surface area contributed by atoms with Gasteiger partial charge in [-0.05, 0) is 85.3 Å². The van der Waals surface area contributed by atoms with Gasteiger partial charge in [0, 0.05) is 0 Å². The summed E-state index contributed by atoms with van der Waals surface area (Å²) in [6, 6.07) is 17.4.